The van der Waals surface area contributed by atoms with E-state index in [0.717, 1.165) is 0 Å². The van der Waals surface area contributed by atoms with Crippen molar-refractivity contribution in [1.82, 2.24) is 0 Å². The summed E-state index contributed by atoms with van der Waals surface area (Å²) in [5, 5.41) is 10.2. The molecule has 1 nitrogen and oxygen atoms in total. The highest BCUT2D eigenvalue weighted by Gasteiger charge is 2.54. The van der Waals surface area contributed by atoms with Crippen LogP contribution in [0.3, 0.4) is 0 Å². The van der Waals surface area contributed by atoms with E-state index in [0.29, 0.717) is 11.3 Å². The lowest BCUT2D eigenvalue weighted by atomic mass is 9.83. The van der Waals surface area contributed by atoms with Gasteiger partial charge in [0.15, 0.2) is 0 Å². The van der Waals surface area contributed by atoms with Crippen molar-refractivity contribution < 1.29 is 5.11 Å². The third kappa shape index (κ3) is 2.50. The molecule has 84 valence electrons. The second-order valence-corrected chi connectivity index (χ2v) is 6.38. The molecular weight excluding hydrogens is 172 g/mol. The van der Waals surface area contributed by atoms with Gasteiger partial charge in [-0.2, -0.15) is 0 Å². The Hall–Kier alpha value is -0.0400. The summed E-state index contributed by atoms with van der Waals surface area (Å²) in [4.78, 5) is 0. The maximum Gasteiger partial charge on any atom is 0.0622 e. The molecule has 0 amide bonds. The van der Waals surface area contributed by atoms with Gasteiger partial charge in [-0.05, 0) is 29.6 Å². The van der Waals surface area contributed by atoms with Crippen LogP contribution in [0.15, 0.2) is 0 Å². The first-order chi connectivity index (χ1) is 6.31. The Bertz CT molecular complexity index is 192. The molecule has 0 aromatic heterocycles. The van der Waals surface area contributed by atoms with Gasteiger partial charge in [0.05, 0.1) is 6.10 Å². The summed E-state index contributed by atoms with van der Waals surface area (Å²) in [5.41, 5.74) is 0.497. The maximum atomic E-state index is 10.2. The molecule has 14 heavy (non-hydrogen) atoms. The molecule has 1 aliphatic rings. The van der Waals surface area contributed by atoms with Crippen molar-refractivity contribution >= 4 is 0 Å². The molecule has 0 aromatic carbocycles. The number of unbranched alkanes of at least 4 members (excludes halogenated alkanes) is 1. The van der Waals surface area contributed by atoms with E-state index in [9.17, 15) is 5.11 Å². The molecule has 1 heteroatoms. The zero-order valence-electron chi connectivity index (χ0n) is 10.4. The van der Waals surface area contributed by atoms with E-state index in [-0.39, 0.29) is 11.5 Å². The molecule has 0 saturated heterocycles. The Morgan fingerprint density at radius 1 is 1.43 bits per heavy atom. The van der Waals surface area contributed by atoms with Crippen molar-refractivity contribution in [2.24, 2.45) is 16.7 Å². The minimum Gasteiger partial charge on any atom is -0.392 e. The van der Waals surface area contributed by atoms with Crippen molar-refractivity contribution in [3.63, 3.8) is 0 Å². The standard InChI is InChI=1S/C13H26O/c1-6-7-8-13(5)9-10(13)11(14)12(2,3)4/h10-11,14H,6-9H2,1-5H3/t10-,11+,13+/m1/s1. The van der Waals surface area contributed by atoms with Crippen molar-refractivity contribution in [3.05, 3.63) is 0 Å². The second kappa shape index (κ2) is 3.84. The summed E-state index contributed by atoms with van der Waals surface area (Å²) in [6.45, 7) is 11.0. The van der Waals surface area contributed by atoms with Crippen LogP contribution in [0.4, 0.5) is 0 Å². The molecule has 1 rings (SSSR count). The minimum absolute atomic E-state index is 0.0502. The van der Waals surface area contributed by atoms with E-state index >= 15 is 0 Å². The van der Waals surface area contributed by atoms with Gasteiger partial charge in [0, 0.05) is 0 Å². The first kappa shape index (κ1) is 12.0. The molecule has 1 saturated carbocycles. The van der Waals surface area contributed by atoms with Crippen LogP contribution in [-0.4, -0.2) is 11.2 Å². The largest absolute Gasteiger partial charge is 0.392 e. The molecule has 0 aromatic rings. The summed E-state index contributed by atoms with van der Waals surface area (Å²) in [7, 11) is 0. The van der Waals surface area contributed by atoms with E-state index in [2.05, 4.69) is 34.6 Å². The minimum atomic E-state index is -0.121. The second-order valence-electron chi connectivity index (χ2n) is 6.38. The van der Waals surface area contributed by atoms with Gasteiger partial charge in [-0.25, -0.2) is 0 Å². The highest BCUT2D eigenvalue weighted by atomic mass is 16.3. The van der Waals surface area contributed by atoms with Crippen molar-refractivity contribution in [1.29, 1.82) is 0 Å². The SMILES string of the molecule is CCCC[C@@]1(C)C[C@@H]1[C@H](O)C(C)(C)C. The Morgan fingerprint density at radius 3 is 2.43 bits per heavy atom. The van der Waals surface area contributed by atoms with Gasteiger partial charge >= 0.3 is 0 Å². The Balaban J connectivity index is 2.44. The van der Waals surface area contributed by atoms with Crippen molar-refractivity contribution in [2.45, 2.75) is 66.4 Å². The summed E-state index contributed by atoms with van der Waals surface area (Å²) < 4.78 is 0. The Kier molecular flexibility index (Phi) is 3.30. The van der Waals surface area contributed by atoms with E-state index < -0.39 is 0 Å². The molecular formula is C13H26O. The first-order valence-electron chi connectivity index (χ1n) is 5.99. The number of rotatable bonds is 4. The van der Waals surface area contributed by atoms with E-state index in [4.69, 9.17) is 0 Å². The molecule has 1 N–H and O–H groups in total. The van der Waals surface area contributed by atoms with Crippen LogP contribution in [0.1, 0.15) is 60.3 Å². The topological polar surface area (TPSA) is 20.2 Å². The lowest BCUT2D eigenvalue weighted by Crippen LogP contribution is -2.30. The average Bonchev–Trinajstić information content (AvgIpc) is 2.72. The summed E-state index contributed by atoms with van der Waals surface area (Å²) in [6, 6.07) is 0. The predicted molar refractivity (Wildman–Crippen MR) is 61.2 cm³/mol. The summed E-state index contributed by atoms with van der Waals surface area (Å²) in [6.07, 6.45) is 4.98. The van der Waals surface area contributed by atoms with E-state index in [1.807, 2.05) is 0 Å². The molecule has 0 heterocycles. The number of aliphatic hydroxyl groups excluding tert-OH is 1. The highest BCUT2D eigenvalue weighted by Crippen LogP contribution is 2.59. The van der Waals surface area contributed by atoms with Crippen LogP contribution >= 0.6 is 0 Å². The van der Waals surface area contributed by atoms with Crippen LogP contribution < -0.4 is 0 Å². The third-order valence-corrected chi connectivity index (χ3v) is 3.79. The number of hydrogen-bond donors (Lipinski definition) is 1. The molecule has 0 unspecified atom stereocenters. The maximum absolute atomic E-state index is 10.2. The fourth-order valence-electron chi connectivity index (χ4n) is 2.41. The van der Waals surface area contributed by atoms with Crippen LogP contribution in [-0.2, 0) is 0 Å². The fraction of sp³-hybridized carbons (Fsp3) is 1.00. The average molecular weight is 198 g/mol. The van der Waals surface area contributed by atoms with Crippen LogP contribution in [0.25, 0.3) is 0 Å². The van der Waals surface area contributed by atoms with Gasteiger partial charge < -0.3 is 5.11 Å². The molecule has 1 fully saturated rings. The Morgan fingerprint density at radius 2 is 2.00 bits per heavy atom. The van der Waals surface area contributed by atoms with Crippen LogP contribution in [0, 0.1) is 16.7 Å². The third-order valence-electron chi connectivity index (χ3n) is 3.79. The quantitative estimate of drug-likeness (QED) is 0.731. The van der Waals surface area contributed by atoms with Gasteiger partial charge in [0.1, 0.15) is 0 Å². The molecule has 0 aliphatic heterocycles. The molecule has 0 spiro atoms. The van der Waals surface area contributed by atoms with Crippen LogP contribution in [0.5, 0.6) is 0 Å². The van der Waals surface area contributed by atoms with E-state index in [1.54, 1.807) is 0 Å². The number of aliphatic hydroxyl groups is 1. The van der Waals surface area contributed by atoms with Gasteiger partial charge in [-0.1, -0.05) is 47.5 Å². The highest BCUT2D eigenvalue weighted by molar-refractivity contribution is 5.04. The van der Waals surface area contributed by atoms with Crippen molar-refractivity contribution in [3.8, 4) is 0 Å². The zero-order valence-corrected chi connectivity index (χ0v) is 10.4. The van der Waals surface area contributed by atoms with Crippen LogP contribution in [0.2, 0.25) is 0 Å². The smallest absolute Gasteiger partial charge is 0.0622 e. The molecule has 1 aliphatic carbocycles. The predicted octanol–water partition coefficient (Wildman–Crippen LogP) is 3.61. The van der Waals surface area contributed by atoms with E-state index in [1.165, 1.54) is 25.7 Å². The fourth-order valence-corrected chi connectivity index (χ4v) is 2.41. The monoisotopic (exact) mass is 198 g/mol. The first-order valence-corrected chi connectivity index (χ1v) is 5.99. The molecule has 0 bridgehead atoms. The lowest BCUT2D eigenvalue weighted by molar-refractivity contribution is 0.0316. The zero-order chi connectivity index (χ0) is 11.0. The normalized spacial score (nSPS) is 34.3. The lowest BCUT2D eigenvalue weighted by Gasteiger charge is -2.28. The summed E-state index contributed by atoms with van der Waals surface area (Å²) >= 11 is 0. The summed E-state index contributed by atoms with van der Waals surface area (Å²) in [5.74, 6) is 0.550. The molecule has 3 atom stereocenters. The van der Waals surface area contributed by atoms with Crippen molar-refractivity contribution in [2.75, 3.05) is 0 Å². The van der Waals surface area contributed by atoms with Gasteiger partial charge in [-0.3, -0.25) is 0 Å². The van der Waals surface area contributed by atoms with Gasteiger partial charge in [0.25, 0.3) is 0 Å². The Labute approximate surface area is 88.9 Å². The van der Waals surface area contributed by atoms with Gasteiger partial charge in [-0.15, -0.1) is 0 Å². The molecule has 0 radical (unpaired) electrons. The van der Waals surface area contributed by atoms with Gasteiger partial charge in [0.2, 0.25) is 0 Å². The number of hydrogen-bond acceptors (Lipinski definition) is 1.